The molecule has 0 spiro atoms. The van der Waals surface area contributed by atoms with Gasteiger partial charge < -0.3 is 10.1 Å². The first kappa shape index (κ1) is 19.6. The number of rotatable bonds is 10. The molecular formula is C14H27F4NO. The van der Waals surface area contributed by atoms with E-state index < -0.39 is 19.0 Å². The van der Waals surface area contributed by atoms with Crippen LogP contribution in [-0.4, -0.2) is 38.1 Å². The number of halogens is 4. The average molecular weight is 301 g/mol. The number of nitrogens with one attached hydrogen (secondary N) is 1. The zero-order valence-electron chi connectivity index (χ0n) is 12.8. The van der Waals surface area contributed by atoms with Crippen LogP contribution in [0.4, 0.5) is 17.6 Å². The predicted molar refractivity (Wildman–Crippen MR) is 72.5 cm³/mol. The molecule has 0 fully saturated rings. The number of ether oxygens (including phenoxy) is 1. The van der Waals surface area contributed by atoms with Gasteiger partial charge in [0.15, 0.2) is 0 Å². The smallest absolute Gasteiger partial charge is 0.330 e. The highest BCUT2D eigenvalue weighted by Gasteiger charge is 2.41. The second-order valence-electron chi connectivity index (χ2n) is 6.33. The van der Waals surface area contributed by atoms with Gasteiger partial charge in [-0.15, -0.1) is 0 Å². The molecule has 0 aliphatic rings. The molecule has 0 bridgehead atoms. The Morgan fingerprint density at radius 2 is 1.75 bits per heavy atom. The van der Waals surface area contributed by atoms with Gasteiger partial charge in [0, 0.05) is 6.04 Å². The third-order valence-electron chi connectivity index (χ3n) is 2.86. The van der Waals surface area contributed by atoms with Gasteiger partial charge in [-0.1, -0.05) is 27.7 Å². The predicted octanol–water partition coefficient (Wildman–Crippen LogP) is 4.10. The van der Waals surface area contributed by atoms with Crippen LogP contribution in [0.5, 0.6) is 0 Å². The molecule has 0 aromatic carbocycles. The second-order valence-corrected chi connectivity index (χ2v) is 6.33. The van der Waals surface area contributed by atoms with E-state index in [0.717, 1.165) is 25.8 Å². The normalized spacial score (nSPS) is 14.8. The molecule has 20 heavy (non-hydrogen) atoms. The van der Waals surface area contributed by atoms with Crippen LogP contribution >= 0.6 is 0 Å². The van der Waals surface area contributed by atoms with Crippen LogP contribution in [0.1, 0.15) is 47.0 Å². The summed E-state index contributed by atoms with van der Waals surface area (Å²) in [6, 6.07) is -0.0809. The molecule has 0 heterocycles. The van der Waals surface area contributed by atoms with Gasteiger partial charge in [-0.05, 0) is 31.2 Å². The third kappa shape index (κ3) is 9.53. The molecule has 0 aromatic heterocycles. The van der Waals surface area contributed by atoms with Gasteiger partial charge in [0.05, 0.1) is 6.61 Å². The van der Waals surface area contributed by atoms with Crippen LogP contribution in [-0.2, 0) is 4.74 Å². The minimum absolute atomic E-state index is 0.0262. The van der Waals surface area contributed by atoms with E-state index in [4.69, 9.17) is 4.74 Å². The Labute approximate surface area is 119 Å². The van der Waals surface area contributed by atoms with Crippen molar-refractivity contribution in [1.82, 2.24) is 5.32 Å². The molecule has 6 heteroatoms. The van der Waals surface area contributed by atoms with Crippen LogP contribution in [0.3, 0.4) is 0 Å². The number of hydrogen-bond donors (Lipinski definition) is 1. The number of hydrogen-bond acceptors (Lipinski definition) is 2. The van der Waals surface area contributed by atoms with E-state index >= 15 is 0 Å². The molecule has 1 atom stereocenters. The largest absolute Gasteiger partial charge is 0.373 e. The fourth-order valence-electron chi connectivity index (χ4n) is 1.60. The number of alkyl halides is 4. The maximum absolute atomic E-state index is 12.7. The molecule has 0 radical (unpaired) electrons. The SMILES string of the molecule is CCCNC(CCC(C)(C)C)COCC(F)(F)C(F)F. The molecular weight excluding hydrogens is 274 g/mol. The Kier molecular flexibility index (Phi) is 8.66. The topological polar surface area (TPSA) is 21.3 Å². The molecule has 1 N–H and O–H groups in total. The summed E-state index contributed by atoms with van der Waals surface area (Å²) in [5, 5.41) is 3.20. The lowest BCUT2D eigenvalue weighted by molar-refractivity contribution is -0.167. The highest BCUT2D eigenvalue weighted by Crippen LogP contribution is 2.24. The Hall–Kier alpha value is -0.360. The lowest BCUT2D eigenvalue weighted by Crippen LogP contribution is -2.38. The van der Waals surface area contributed by atoms with E-state index in [1.54, 1.807) is 0 Å². The standard InChI is InChI=1S/C14H27F4NO/c1-5-8-19-11(6-7-13(2,3)4)9-20-10-14(17,18)12(15)16/h11-12,19H,5-10H2,1-4H3. The van der Waals surface area contributed by atoms with Crippen molar-refractivity contribution in [2.24, 2.45) is 5.41 Å². The van der Waals surface area contributed by atoms with Gasteiger partial charge in [0.1, 0.15) is 6.61 Å². The van der Waals surface area contributed by atoms with Crippen molar-refractivity contribution < 1.29 is 22.3 Å². The molecule has 0 amide bonds. The molecule has 0 aliphatic carbocycles. The molecule has 0 rings (SSSR count). The molecule has 2 nitrogen and oxygen atoms in total. The monoisotopic (exact) mass is 301 g/mol. The fourth-order valence-corrected chi connectivity index (χ4v) is 1.60. The minimum atomic E-state index is -4.07. The van der Waals surface area contributed by atoms with Crippen molar-refractivity contribution >= 4 is 0 Å². The summed E-state index contributed by atoms with van der Waals surface area (Å²) in [7, 11) is 0. The summed E-state index contributed by atoms with van der Waals surface area (Å²) in [6.07, 6.45) is -1.09. The second kappa shape index (κ2) is 8.82. The van der Waals surface area contributed by atoms with Crippen LogP contribution in [0.25, 0.3) is 0 Å². The summed E-state index contributed by atoms with van der Waals surface area (Å²) in [5.41, 5.74) is 0.138. The van der Waals surface area contributed by atoms with Crippen molar-refractivity contribution in [3.8, 4) is 0 Å². The highest BCUT2D eigenvalue weighted by atomic mass is 19.3. The van der Waals surface area contributed by atoms with Crippen LogP contribution in [0, 0.1) is 5.41 Å². The average Bonchev–Trinajstić information content (AvgIpc) is 2.30. The first-order valence-electron chi connectivity index (χ1n) is 7.05. The summed E-state index contributed by atoms with van der Waals surface area (Å²) >= 11 is 0. The van der Waals surface area contributed by atoms with Crippen LogP contribution in [0.2, 0.25) is 0 Å². The van der Waals surface area contributed by atoms with Crippen LogP contribution < -0.4 is 5.32 Å². The van der Waals surface area contributed by atoms with Crippen LogP contribution in [0.15, 0.2) is 0 Å². The fraction of sp³-hybridized carbons (Fsp3) is 1.00. The zero-order valence-corrected chi connectivity index (χ0v) is 12.8. The molecule has 0 saturated carbocycles. The van der Waals surface area contributed by atoms with Crippen molar-refractivity contribution in [3.05, 3.63) is 0 Å². The molecule has 0 saturated heterocycles. The maximum atomic E-state index is 12.7. The highest BCUT2D eigenvalue weighted by molar-refractivity contribution is 4.73. The van der Waals surface area contributed by atoms with E-state index in [1.807, 2.05) is 6.92 Å². The van der Waals surface area contributed by atoms with Gasteiger partial charge in [-0.25, -0.2) is 8.78 Å². The maximum Gasteiger partial charge on any atom is 0.330 e. The van der Waals surface area contributed by atoms with Gasteiger partial charge in [-0.2, -0.15) is 8.78 Å². The minimum Gasteiger partial charge on any atom is -0.373 e. The summed E-state index contributed by atoms with van der Waals surface area (Å²) in [5.74, 6) is -4.07. The molecule has 1 unspecified atom stereocenters. The van der Waals surface area contributed by atoms with Crippen molar-refractivity contribution in [3.63, 3.8) is 0 Å². The first-order valence-corrected chi connectivity index (χ1v) is 7.05. The van der Waals surface area contributed by atoms with E-state index in [0.29, 0.717) is 0 Å². The Morgan fingerprint density at radius 1 is 1.15 bits per heavy atom. The van der Waals surface area contributed by atoms with Crippen molar-refractivity contribution in [2.45, 2.75) is 65.3 Å². The van der Waals surface area contributed by atoms with E-state index in [1.165, 1.54) is 0 Å². The Bertz CT molecular complexity index is 254. The zero-order chi connectivity index (χ0) is 15.8. The van der Waals surface area contributed by atoms with Gasteiger partial charge in [0.25, 0.3) is 0 Å². The third-order valence-corrected chi connectivity index (χ3v) is 2.86. The lowest BCUT2D eigenvalue weighted by Gasteiger charge is -2.25. The summed E-state index contributed by atoms with van der Waals surface area (Å²) in [6.45, 7) is 7.83. The Morgan fingerprint density at radius 3 is 2.20 bits per heavy atom. The van der Waals surface area contributed by atoms with E-state index in [9.17, 15) is 17.6 Å². The van der Waals surface area contributed by atoms with Gasteiger partial charge in [-0.3, -0.25) is 0 Å². The molecule has 0 aliphatic heterocycles. The van der Waals surface area contributed by atoms with Crippen molar-refractivity contribution in [1.29, 1.82) is 0 Å². The first-order chi connectivity index (χ1) is 9.08. The summed E-state index contributed by atoms with van der Waals surface area (Å²) < 4.78 is 54.2. The summed E-state index contributed by atoms with van der Waals surface area (Å²) in [4.78, 5) is 0. The van der Waals surface area contributed by atoms with Gasteiger partial charge >= 0.3 is 12.3 Å². The van der Waals surface area contributed by atoms with Crippen molar-refractivity contribution in [2.75, 3.05) is 19.8 Å². The van der Waals surface area contributed by atoms with E-state index in [2.05, 4.69) is 26.1 Å². The molecule has 0 aromatic rings. The quantitative estimate of drug-likeness (QED) is 0.613. The lowest BCUT2D eigenvalue weighted by atomic mass is 9.89. The molecule has 122 valence electrons. The van der Waals surface area contributed by atoms with Gasteiger partial charge in [0.2, 0.25) is 0 Å². The Balaban J connectivity index is 4.16. The van der Waals surface area contributed by atoms with E-state index in [-0.39, 0.29) is 18.1 Å².